The minimum atomic E-state index is -4.00. The molecule has 2 heterocycles. The molecule has 7 nitrogen and oxygen atoms in total. The number of sulfonamides is 1. The van der Waals surface area contributed by atoms with Crippen LogP contribution in [0.4, 0.5) is 0 Å². The van der Waals surface area contributed by atoms with Crippen LogP contribution in [0.1, 0.15) is 40.9 Å². The molecule has 184 valence electrons. The predicted octanol–water partition coefficient (Wildman–Crippen LogP) is 4.84. The van der Waals surface area contributed by atoms with Gasteiger partial charge in [-0.2, -0.15) is 4.31 Å². The van der Waals surface area contributed by atoms with Gasteiger partial charge in [0.15, 0.2) is 0 Å². The normalized spacial score (nSPS) is 17.7. The van der Waals surface area contributed by atoms with Crippen LogP contribution in [-0.2, 0) is 26.0 Å². The molecule has 0 amide bonds. The fourth-order valence-electron chi connectivity index (χ4n) is 4.90. The second-order valence-electron chi connectivity index (χ2n) is 8.94. The number of pyridine rings is 1. The monoisotopic (exact) mass is 502 g/mol. The van der Waals surface area contributed by atoms with Crippen molar-refractivity contribution >= 4 is 26.9 Å². The molecule has 0 saturated heterocycles. The van der Waals surface area contributed by atoms with Gasteiger partial charge in [0, 0.05) is 17.5 Å². The molecule has 0 saturated carbocycles. The van der Waals surface area contributed by atoms with Crippen molar-refractivity contribution < 1.29 is 23.1 Å². The lowest BCUT2D eigenvalue weighted by atomic mass is 9.98. The first-order valence-electron chi connectivity index (χ1n) is 11.6. The third kappa shape index (κ3) is 4.23. The molecular weight excluding hydrogens is 476 g/mol. The van der Waals surface area contributed by atoms with Crippen molar-refractivity contribution in [2.24, 2.45) is 0 Å². The molecule has 2 atom stereocenters. The number of carbonyl (C=O) groups is 1. The molecular formula is C28H26N2O5S. The number of rotatable bonds is 6. The van der Waals surface area contributed by atoms with Crippen molar-refractivity contribution in [3.63, 3.8) is 0 Å². The van der Waals surface area contributed by atoms with Crippen molar-refractivity contribution in [2.75, 3.05) is 7.11 Å². The maximum Gasteiger partial charge on any atom is 0.307 e. The maximum atomic E-state index is 14.1. The zero-order valence-corrected chi connectivity index (χ0v) is 20.8. The van der Waals surface area contributed by atoms with Gasteiger partial charge in [0.25, 0.3) is 0 Å². The Bertz CT molecular complexity index is 1550. The SMILES string of the molecule is COC(=O)C[C@H]1c2ccccc2[C@@H](Cc2ccc3cccc(O)c3n2)N1S(=O)(=O)c1ccc(C)cc1. The number of methoxy groups -OCH3 is 1. The summed E-state index contributed by atoms with van der Waals surface area (Å²) in [7, 11) is -2.70. The van der Waals surface area contributed by atoms with E-state index in [2.05, 4.69) is 4.98 Å². The molecule has 0 aliphatic carbocycles. The molecule has 8 heteroatoms. The van der Waals surface area contributed by atoms with E-state index in [4.69, 9.17) is 4.74 Å². The van der Waals surface area contributed by atoms with E-state index in [0.717, 1.165) is 22.1 Å². The average molecular weight is 503 g/mol. The van der Waals surface area contributed by atoms with E-state index in [9.17, 15) is 18.3 Å². The number of fused-ring (bicyclic) bond motifs is 2. The minimum Gasteiger partial charge on any atom is -0.506 e. The summed E-state index contributed by atoms with van der Waals surface area (Å²) in [4.78, 5) is 17.2. The zero-order valence-electron chi connectivity index (χ0n) is 20.0. The Morgan fingerprint density at radius 2 is 1.64 bits per heavy atom. The van der Waals surface area contributed by atoms with E-state index in [-0.39, 0.29) is 23.5 Å². The van der Waals surface area contributed by atoms with Crippen LogP contribution in [0.5, 0.6) is 5.75 Å². The molecule has 3 aromatic carbocycles. The number of carbonyl (C=O) groups excluding carboxylic acids is 1. The van der Waals surface area contributed by atoms with Gasteiger partial charge in [0.05, 0.1) is 30.5 Å². The molecule has 1 aliphatic heterocycles. The second-order valence-corrected chi connectivity index (χ2v) is 10.8. The van der Waals surface area contributed by atoms with Gasteiger partial charge >= 0.3 is 5.97 Å². The van der Waals surface area contributed by atoms with Gasteiger partial charge in [0.1, 0.15) is 11.3 Å². The molecule has 0 fully saturated rings. The average Bonchev–Trinajstić information content (AvgIpc) is 3.18. The van der Waals surface area contributed by atoms with E-state index in [1.54, 1.807) is 36.4 Å². The Morgan fingerprint density at radius 1 is 0.944 bits per heavy atom. The van der Waals surface area contributed by atoms with E-state index in [0.29, 0.717) is 11.2 Å². The predicted molar refractivity (Wildman–Crippen MR) is 136 cm³/mol. The molecule has 0 spiro atoms. The van der Waals surface area contributed by atoms with Crippen LogP contribution in [0.15, 0.2) is 83.8 Å². The van der Waals surface area contributed by atoms with Crippen LogP contribution in [0.2, 0.25) is 0 Å². The van der Waals surface area contributed by atoms with Gasteiger partial charge in [0.2, 0.25) is 10.0 Å². The number of hydrogen-bond acceptors (Lipinski definition) is 6. The van der Waals surface area contributed by atoms with Gasteiger partial charge in [-0.15, -0.1) is 0 Å². The lowest BCUT2D eigenvalue weighted by Gasteiger charge is -2.29. The summed E-state index contributed by atoms with van der Waals surface area (Å²) in [5.41, 5.74) is 3.63. The zero-order chi connectivity index (χ0) is 25.4. The van der Waals surface area contributed by atoms with Crippen molar-refractivity contribution in [3.05, 3.63) is 101 Å². The number of phenols is 1. The van der Waals surface area contributed by atoms with E-state index < -0.39 is 28.1 Å². The van der Waals surface area contributed by atoms with E-state index in [1.807, 2.05) is 49.4 Å². The maximum absolute atomic E-state index is 14.1. The molecule has 0 unspecified atom stereocenters. The van der Waals surface area contributed by atoms with Crippen LogP contribution in [0.3, 0.4) is 0 Å². The summed E-state index contributed by atoms with van der Waals surface area (Å²) in [6.07, 6.45) is 0.158. The molecule has 1 aliphatic rings. The number of nitrogens with zero attached hydrogens (tertiary/aromatic N) is 2. The van der Waals surface area contributed by atoms with Crippen molar-refractivity contribution in [1.29, 1.82) is 0 Å². The van der Waals surface area contributed by atoms with Crippen molar-refractivity contribution in [1.82, 2.24) is 9.29 Å². The Kier molecular flexibility index (Phi) is 6.24. The summed E-state index contributed by atoms with van der Waals surface area (Å²) < 4.78 is 34.5. The summed E-state index contributed by atoms with van der Waals surface area (Å²) in [6.45, 7) is 1.89. The highest BCUT2D eigenvalue weighted by molar-refractivity contribution is 7.89. The standard InChI is InChI=1S/C28H26N2O5S/c1-18-10-14-21(15-11-18)36(33,34)30-24(16-20-13-12-19-6-5-9-26(31)28(19)29-20)22-7-3-4-8-23(22)25(30)17-27(32)35-2/h3-15,24-25,31H,16-17H2,1-2H3/t24-,25+/m1/s1. The summed E-state index contributed by atoms with van der Waals surface area (Å²) in [6, 6.07) is 21.7. The first-order chi connectivity index (χ1) is 17.3. The molecule has 4 aromatic rings. The largest absolute Gasteiger partial charge is 0.506 e. The highest BCUT2D eigenvalue weighted by atomic mass is 32.2. The van der Waals surface area contributed by atoms with Crippen molar-refractivity contribution in [2.45, 2.75) is 36.7 Å². The van der Waals surface area contributed by atoms with E-state index in [1.165, 1.54) is 11.4 Å². The molecule has 0 radical (unpaired) electrons. The fraction of sp³-hybridized carbons (Fsp3) is 0.214. The second kappa shape index (κ2) is 9.37. The van der Waals surface area contributed by atoms with Gasteiger partial charge in [-0.1, -0.05) is 60.2 Å². The third-order valence-electron chi connectivity index (χ3n) is 6.67. The lowest BCUT2D eigenvalue weighted by Crippen LogP contribution is -2.35. The molecule has 1 N–H and O–H groups in total. The number of phenolic OH excluding ortho intramolecular Hbond substituents is 1. The van der Waals surface area contributed by atoms with Gasteiger partial charge in [-0.05, 0) is 42.3 Å². The van der Waals surface area contributed by atoms with Gasteiger partial charge in [-0.3, -0.25) is 4.79 Å². The molecule has 36 heavy (non-hydrogen) atoms. The van der Waals surface area contributed by atoms with E-state index >= 15 is 0 Å². The topological polar surface area (TPSA) is 96.8 Å². The number of hydrogen-bond donors (Lipinski definition) is 1. The van der Waals surface area contributed by atoms with Crippen LogP contribution < -0.4 is 0 Å². The van der Waals surface area contributed by atoms with Crippen LogP contribution in [-0.4, -0.2) is 35.9 Å². The number of aromatic nitrogens is 1. The Balaban J connectivity index is 1.64. The summed E-state index contributed by atoms with van der Waals surface area (Å²) in [5.74, 6) is -0.429. The first-order valence-corrected chi connectivity index (χ1v) is 13.1. The Morgan fingerprint density at radius 3 is 2.33 bits per heavy atom. The fourth-order valence-corrected chi connectivity index (χ4v) is 6.67. The summed E-state index contributed by atoms with van der Waals surface area (Å²) >= 11 is 0. The quantitative estimate of drug-likeness (QED) is 0.379. The number of aromatic hydroxyl groups is 1. The number of benzene rings is 3. The minimum absolute atomic E-state index is 0.0638. The van der Waals surface area contributed by atoms with Crippen LogP contribution >= 0.6 is 0 Å². The highest BCUT2D eigenvalue weighted by Crippen LogP contribution is 2.48. The third-order valence-corrected chi connectivity index (χ3v) is 8.60. The Hall–Kier alpha value is -3.75. The van der Waals surface area contributed by atoms with Gasteiger partial charge in [-0.25, -0.2) is 13.4 Å². The smallest absolute Gasteiger partial charge is 0.307 e. The molecule has 0 bridgehead atoms. The highest BCUT2D eigenvalue weighted by Gasteiger charge is 2.46. The lowest BCUT2D eigenvalue weighted by molar-refractivity contribution is -0.141. The number of esters is 1. The van der Waals surface area contributed by atoms with Crippen LogP contribution in [0.25, 0.3) is 10.9 Å². The van der Waals surface area contributed by atoms with Gasteiger partial charge < -0.3 is 9.84 Å². The summed E-state index contributed by atoms with van der Waals surface area (Å²) in [5, 5.41) is 11.1. The van der Waals surface area contributed by atoms with Crippen molar-refractivity contribution in [3.8, 4) is 5.75 Å². The first kappa shape index (κ1) is 24.0. The number of ether oxygens (including phenoxy) is 1. The Labute approximate surface area is 210 Å². The van der Waals surface area contributed by atoms with Crippen LogP contribution in [0, 0.1) is 6.92 Å². The number of para-hydroxylation sites is 1. The molecule has 1 aromatic heterocycles. The number of aryl methyl sites for hydroxylation is 1. The molecule has 5 rings (SSSR count).